The highest BCUT2D eigenvalue weighted by atomic mass is 32.2. The molecular formula is C24H28F3NO5S. The number of rotatable bonds is 9. The molecule has 1 amide bonds. The Labute approximate surface area is 197 Å². The molecule has 0 aliphatic heterocycles. The molecule has 2 aromatic rings. The Balaban J connectivity index is 1.70. The minimum atomic E-state index is -4.67. The fourth-order valence-electron chi connectivity index (χ4n) is 3.95. The zero-order valence-electron chi connectivity index (χ0n) is 18.9. The summed E-state index contributed by atoms with van der Waals surface area (Å²) in [5.74, 6) is 0.0539. The Kier molecular flexibility index (Phi) is 8.59. The molecule has 1 saturated carbocycles. The van der Waals surface area contributed by atoms with Gasteiger partial charge in [0.05, 0.1) is 12.2 Å². The number of hydrogen-bond donors (Lipinski definition) is 0. The number of methoxy groups -OCH3 is 1. The molecule has 0 heterocycles. The third-order valence-corrected chi connectivity index (χ3v) is 7.03. The van der Waals surface area contributed by atoms with Gasteiger partial charge in [0.2, 0.25) is 5.91 Å². The van der Waals surface area contributed by atoms with Gasteiger partial charge in [-0.2, -0.15) is 21.6 Å². The van der Waals surface area contributed by atoms with E-state index in [0.29, 0.717) is 25.8 Å². The maximum atomic E-state index is 13.0. The summed E-state index contributed by atoms with van der Waals surface area (Å²) in [6.07, 6.45) is 0.316. The van der Waals surface area contributed by atoms with E-state index in [1.54, 1.807) is 24.1 Å². The van der Waals surface area contributed by atoms with Gasteiger partial charge in [0, 0.05) is 26.1 Å². The number of halogens is 3. The van der Waals surface area contributed by atoms with E-state index in [1.807, 2.05) is 0 Å². The van der Waals surface area contributed by atoms with Gasteiger partial charge < -0.3 is 13.8 Å². The Morgan fingerprint density at radius 2 is 1.74 bits per heavy atom. The van der Waals surface area contributed by atoms with Gasteiger partial charge in [-0.1, -0.05) is 37.5 Å². The number of ether oxygens (including phenoxy) is 1. The van der Waals surface area contributed by atoms with Crippen LogP contribution in [0.2, 0.25) is 0 Å². The maximum absolute atomic E-state index is 13.0. The standard InChI is InChI=1S/C24H28F3NO5S/c1-32-15-14-28(23(29)19-6-3-2-4-7-19)17-18-10-12-21(13-11-18)33-34(30,31)22-9-5-8-20(16-22)24(25,26)27/h5,8-13,16,19H,2-4,6-7,14-15,17H2,1H3. The van der Waals surface area contributed by atoms with Crippen LogP contribution in [0.3, 0.4) is 0 Å². The van der Waals surface area contributed by atoms with Gasteiger partial charge in [-0.05, 0) is 48.7 Å². The number of alkyl halides is 3. The molecule has 0 radical (unpaired) electrons. The molecule has 3 rings (SSSR count). The number of nitrogens with zero attached hydrogens (tertiary/aromatic N) is 1. The van der Waals surface area contributed by atoms with Crippen LogP contribution in [-0.2, 0) is 32.4 Å². The minimum absolute atomic E-state index is 0.00539. The molecule has 0 saturated heterocycles. The van der Waals surface area contributed by atoms with Gasteiger partial charge >= 0.3 is 16.3 Å². The molecule has 186 valence electrons. The van der Waals surface area contributed by atoms with Crippen molar-refractivity contribution in [2.45, 2.75) is 49.7 Å². The topological polar surface area (TPSA) is 72.9 Å². The molecule has 0 spiro atoms. The van der Waals surface area contributed by atoms with Crippen molar-refractivity contribution in [1.29, 1.82) is 0 Å². The number of carbonyl (C=O) groups excluding carboxylic acids is 1. The number of carbonyl (C=O) groups is 1. The number of benzene rings is 2. The van der Waals surface area contributed by atoms with Gasteiger partial charge in [0.15, 0.2) is 0 Å². The summed E-state index contributed by atoms with van der Waals surface area (Å²) >= 11 is 0. The molecule has 2 aromatic carbocycles. The van der Waals surface area contributed by atoms with Crippen LogP contribution in [-0.4, -0.2) is 39.5 Å². The van der Waals surface area contributed by atoms with E-state index >= 15 is 0 Å². The summed E-state index contributed by atoms with van der Waals surface area (Å²) in [4.78, 5) is 14.2. The van der Waals surface area contributed by atoms with Gasteiger partial charge in [0.1, 0.15) is 10.6 Å². The second kappa shape index (κ2) is 11.2. The molecule has 1 fully saturated rings. The summed E-state index contributed by atoms with van der Waals surface area (Å²) in [5.41, 5.74) is -0.310. The Hall–Kier alpha value is -2.59. The molecule has 1 aliphatic rings. The third-order valence-electron chi connectivity index (χ3n) is 5.78. The lowest BCUT2D eigenvalue weighted by atomic mass is 9.88. The largest absolute Gasteiger partial charge is 0.416 e. The van der Waals surface area contributed by atoms with Crippen molar-refractivity contribution < 1.29 is 35.3 Å². The lowest BCUT2D eigenvalue weighted by Crippen LogP contribution is -2.38. The smallest absolute Gasteiger partial charge is 0.383 e. The predicted octanol–water partition coefficient (Wildman–Crippen LogP) is 5.03. The molecule has 0 aromatic heterocycles. The predicted molar refractivity (Wildman–Crippen MR) is 120 cm³/mol. The third kappa shape index (κ3) is 6.96. The Morgan fingerprint density at radius 3 is 2.35 bits per heavy atom. The second-order valence-electron chi connectivity index (χ2n) is 8.29. The molecule has 10 heteroatoms. The van der Waals surface area contributed by atoms with Crippen LogP contribution in [0.5, 0.6) is 5.75 Å². The lowest BCUT2D eigenvalue weighted by Gasteiger charge is -2.29. The average Bonchev–Trinajstić information content (AvgIpc) is 2.82. The van der Waals surface area contributed by atoms with E-state index in [2.05, 4.69) is 0 Å². The van der Waals surface area contributed by atoms with Crippen LogP contribution >= 0.6 is 0 Å². The van der Waals surface area contributed by atoms with Crippen LogP contribution in [0.25, 0.3) is 0 Å². The van der Waals surface area contributed by atoms with Gasteiger partial charge in [0.25, 0.3) is 0 Å². The molecule has 34 heavy (non-hydrogen) atoms. The van der Waals surface area contributed by atoms with Crippen LogP contribution in [0.15, 0.2) is 53.4 Å². The highest BCUT2D eigenvalue weighted by Crippen LogP contribution is 2.31. The molecule has 0 bridgehead atoms. The van der Waals surface area contributed by atoms with E-state index < -0.39 is 26.8 Å². The van der Waals surface area contributed by atoms with E-state index in [-0.39, 0.29) is 17.6 Å². The van der Waals surface area contributed by atoms with Crippen LogP contribution < -0.4 is 4.18 Å². The normalized spacial score (nSPS) is 15.2. The molecular weight excluding hydrogens is 471 g/mol. The van der Waals surface area contributed by atoms with Crippen molar-refractivity contribution >= 4 is 16.0 Å². The minimum Gasteiger partial charge on any atom is -0.383 e. The zero-order chi connectivity index (χ0) is 24.8. The van der Waals surface area contributed by atoms with Crippen molar-refractivity contribution in [1.82, 2.24) is 4.90 Å². The zero-order valence-corrected chi connectivity index (χ0v) is 19.7. The van der Waals surface area contributed by atoms with Crippen molar-refractivity contribution in [3.63, 3.8) is 0 Å². The first-order valence-corrected chi connectivity index (χ1v) is 12.5. The van der Waals surface area contributed by atoms with E-state index in [0.717, 1.165) is 55.9 Å². The Bertz CT molecular complexity index is 1060. The van der Waals surface area contributed by atoms with Gasteiger partial charge in [-0.3, -0.25) is 4.79 Å². The molecule has 0 N–H and O–H groups in total. The fourth-order valence-corrected chi connectivity index (χ4v) is 4.93. The first kappa shape index (κ1) is 26.0. The number of amides is 1. The number of hydrogen-bond acceptors (Lipinski definition) is 5. The quantitative estimate of drug-likeness (QED) is 0.453. The first-order valence-electron chi connectivity index (χ1n) is 11.1. The summed E-state index contributed by atoms with van der Waals surface area (Å²) < 4.78 is 73.8. The van der Waals surface area contributed by atoms with Gasteiger partial charge in [-0.25, -0.2) is 0 Å². The summed E-state index contributed by atoms with van der Waals surface area (Å²) in [6, 6.07) is 9.48. The molecule has 0 atom stereocenters. The molecule has 1 aliphatic carbocycles. The highest BCUT2D eigenvalue weighted by molar-refractivity contribution is 7.87. The molecule has 6 nitrogen and oxygen atoms in total. The van der Waals surface area contributed by atoms with Gasteiger partial charge in [-0.15, -0.1) is 0 Å². The summed E-state index contributed by atoms with van der Waals surface area (Å²) in [7, 11) is -2.88. The SMILES string of the molecule is COCCN(Cc1ccc(OS(=O)(=O)c2cccc(C(F)(F)F)c2)cc1)C(=O)C1CCCCC1. The summed E-state index contributed by atoms with van der Waals surface area (Å²) in [5, 5.41) is 0. The average molecular weight is 500 g/mol. The van der Waals surface area contributed by atoms with E-state index in [4.69, 9.17) is 8.92 Å². The molecule has 0 unspecified atom stereocenters. The van der Waals surface area contributed by atoms with Crippen molar-refractivity contribution in [3.8, 4) is 5.75 Å². The second-order valence-corrected chi connectivity index (χ2v) is 9.84. The Morgan fingerprint density at radius 1 is 1.06 bits per heavy atom. The first-order chi connectivity index (χ1) is 16.1. The van der Waals surface area contributed by atoms with Crippen LogP contribution in [0.4, 0.5) is 13.2 Å². The summed E-state index contributed by atoms with van der Waals surface area (Å²) in [6.45, 7) is 1.17. The van der Waals surface area contributed by atoms with Crippen molar-refractivity contribution in [2.75, 3.05) is 20.3 Å². The van der Waals surface area contributed by atoms with Crippen LogP contribution in [0.1, 0.15) is 43.2 Å². The monoisotopic (exact) mass is 499 g/mol. The van der Waals surface area contributed by atoms with Crippen molar-refractivity contribution in [3.05, 3.63) is 59.7 Å². The van der Waals surface area contributed by atoms with E-state index in [1.165, 1.54) is 12.1 Å². The van der Waals surface area contributed by atoms with Crippen molar-refractivity contribution in [2.24, 2.45) is 5.92 Å². The maximum Gasteiger partial charge on any atom is 0.416 e. The van der Waals surface area contributed by atoms with Crippen LogP contribution in [0, 0.1) is 5.92 Å². The lowest BCUT2D eigenvalue weighted by molar-refractivity contribution is -0.138. The highest BCUT2D eigenvalue weighted by Gasteiger charge is 2.32. The fraction of sp³-hybridized carbons (Fsp3) is 0.458. The van der Waals surface area contributed by atoms with E-state index in [9.17, 15) is 26.4 Å².